The van der Waals surface area contributed by atoms with Crippen molar-refractivity contribution < 1.29 is 9.59 Å². The van der Waals surface area contributed by atoms with Crippen LogP contribution < -0.4 is 0 Å². The molecule has 92 valence electrons. The third kappa shape index (κ3) is 2.82. The summed E-state index contributed by atoms with van der Waals surface area (Å²) < 4.78 is 0. The van der Waals surface area contributed by atoms with Crippen LogP contribution in [0.15, 0.2) is 34.4 Å². The van der Waals surface area contributed by atoms with Crippen molar-refractivity contribution in [1.82, 2.24) is 0 Å². The van der Waals surface area contributed by atoms with Crippen molar-refractivity contribution in [3.8, 4) is 0 Å². The maximum Gasteiger partial charge on any atom is 0.189 e. The number of rotatable bonds is 4. The monoisotopic (exact) mass is 232 g/mol. The van der Waals surface area contributed by atoms with Crippen molar-refractivity contribution in [1.29, 1.82) is 0 Å². The number of hydrogen-bond donors (Lipinski definition) is 0. The second-order valence-corrected chi connectivity index (χ2v) is 4.49. The van der Waals surface area contributed by atoms with Gasteiger partial charge in [-0.05, 0) is 27.2 Å². The van der Waals surface area contributed by atoms with Gasteiger partial charge in [0.25, 0.3) is 0 Å². The second-order valence-electron chi connectivity index (χ2n) is 4.49. The molecule has 0 fully saturated rings. The zero-order chi connectivity index (χ0) is 13.0. The first-order chi connectivity index (χ1) is 8.00. The molecule has 2 nitrogen and oxygen atoms in total. The molecule has 0 amide bonds. The Kier molecular flexibility index (Phi) is 4.62. The molecule has 0 saturated carbocycles. The van der Waals surface area contributed by atoms with Gasteiger partial charge in [-0.25, -0.2) is 0 Å². The van der Waals surface area contributed by atoms with Crippen LogP contribution in [0.3, 0.4) is 0 Å². The molecule has 2 heteroatoms. The summed E-state index contributed by atoms with van der Waals surface area (Å²) in [6, 6.07) is 0. The minimum absolute atomic E-state index is 0.00255. The summed E-state index contributed by atoms with van der Waals surface area (Å²) in [4.78, 5) is 23.9. The van der Waals surface area contributed by atoms with Gasteiger partial charge in [0.2, 0.25) is 0 Å². The third-order valence-corrected chi connectivity index (χ3v) is 3.24. The van der Waals surface area contributed by atoms with Crippen molar-refractivity contribution in [2.24, 2.45) is 0 Å². The smallest absolute Gasteiger partial charge is 0.189 e. The summed E-state index contributed by atoms with van der Waals surface area (Å²) >= 11 is 0. The highest BCUT2D eigenvalue weighted by molar-refractivity contribution is 6.25. The Balaban J connectivity index is 2.95. The molecule has 0 heterocycles. The lowest BCUT2D eigenvalue weighted by Crippen LogP contribution is -2.19. The van der Waals surface area contributed by atoms with Gasteiger partial charge in [-0.2, -0.15) is 0 Å². The van der Waals surface area contributed by atoms with E-state index in [1.807, 2.05) is 6.08 Å². The van der Waals surface area contributed by atoms with E-state index >= 15 is 0 Å². The van der Waals surface area contributed by atoms with Crippen LogP contribution in [-0.4, -0.2) is 11.6 Å². The fourth-order valence-electron chi connectivity index (χ4n) is 1.84. The van der Waals surface area contributed by atoms with Crippen LogP contribution in [0.5, 0.6) is 0 Å². The van der Waals surface area contributed by atoms with Crippen LogP contribution in [0.1, 0.15) is 47.0 Å². The summed E-state index contributed by atoms with van der Waals surface area (Å²) in [6.07, 6.45) is 6.99. The molecule has 0 unspecified atom stereocenters. The number of unbranched alkanes of at least 4 members (excludes halogenated alkanes) is 2. The highest BCUT2D eigenvalue weighted by Gasteiger charge is 2.25. The Morgan fingerprint density at radius 3 is 2.12 bits per heavy atom. The van der Waals surface area contributed by atoms with Gasteiger partial charge in [-0.1, -0.05) is 31.9 Å². The van der Waals surface area contributed by atoms with Gasteiger partial charge in [0.1, 0.15) is 0 Å². The van der Waals surface area contributed by atoms with Crippen molar-refractivity contribution in [2.45, 2.75) is 47.0 Å². The Hall–Kier alpha value is -1.44. The van der Waals surface area contributed by atoms with E-state index in [0.29, 0.717) is 22.3 Å². The molecule has 1 rings (SSSR count). The molecule has 0 saturated heterocycles. The predicted octanol–water partition coefficient (Wildman–Crippen LogP) is 3.54. The van der Waals surface area contributed by atoms with Crippen LogP contribution in [0, 0.1) is 0 Å². The normalized spacial score (nSPS) is 17.6. The van der Waals surface area contributed by atoms with Gasteiger partial charge < -0.3 is 0 Å². The van der Waals surface area contributed by atoms with Crippen molar-refractivity contribution in [3.63, 3.8) is 0 Å². The largest absolute Gasteiger partial charge is 0.289 e. The van der Waals surface area contributed by atoms with Crippen molar-refractivity contribution in [3.05, 3.63) is 34.4 Å². The summed E-state index contributed by atoms with van der Waals surface area (Å²) in [5, 5.41) is 0. The highest BCUT2D eigenvalue weighted by atomic mass is 16.1. The van der Waals surface area contributed by atoms with Crippen LogP contribution in [-0.2, 0) is 9.59 Å². The van der Waals surface area contributed by atoms with Gasteiger partial charge in [-0.3, -0.25) is 9.59 Å². The first-order valence-corrected chi connectivity index (χ1v) is 6.15. The van der Waals surface area contributed by atoms with E-state index in [2.05, 4.69) is 6.92 Å². The zero-order valence-corrected chi connectivity index (χ0v) is 11.1. The van der Waals surface area contributed by atoms with Crippen LogP contribution >= 0.6 is 0 Å². The van der Waals surface area contributed by atoms with E-state index in [9.17, 15) is 9.59 Å². The molecule has 0 spiro atoms. The van der Waals surface area contributed by atoms with E-state index in [1.165, 1.54) is 0 Å². The fraction of sp³-hybridized carbons (Fsp3) is 0.467. The number of carbonyl (C=O) groups is 2. The Morgan fingerprint density at radius 2 is 1.53 bits per heavy atom. The van der Waals surface area contributed by atoms with E-state index in [1.54, 1.807) is 26.8 Å². The topological polar surface area (TPSA) is 34.1 Å². The molecule has 0 atom stereocenters. The molecule has 1 aliphatic carbocycles. The lowest BCUT2D eigenvalue weighted by Gasteiger charge is -2.16. The second kappa shape index (κ2) is 5.76. The molecular formula is C15H20O2. The zero-order valence-electron chi connectivity index (χ0n) is 11.1. The third-order valence-electron chi connectivity index (χ3n) is 3.24. The standard InChI is InChI=1S/C15H20O2/c1-5-6-7-8-9-13-12(4)14(16)10(2)11(3)15(13)17/h8-9H,5-7H2,1-4H3/b9-8+. The minimum Gasteiger partial charge on any atom is -0.289 e. The van der Waals surface area contributed by atoms with E-state index in [0.717, 1.165) is 19.3 Å². The number of hydrogen-bond acceptors (Lipinski definition) is 2. The summed E-state index contributed by atoms with van der Waals surface area (Å²) in [7, 11) is 0. The van der Waals surface area contributed by atoms with Gasteiger partial charge in [0.05, 0.1) is 0 Å². The number of Topliss-reactive ketones (excluding diaryl/α,β-unsaturated/α-hetero) is 2. The highest BCUT2D eigenvalue weighted by Crippen LogP contribution is 2.24. The summed E-state index contributed by atoms with van der Waals surface area (Å²) in [6.45, 7) is 7.30. The Morgan fingerprint density at radius 1 is 0.941 bits per heavy atom. The molecule has 0 radical (unpaired) electrons. The average Bonchev–Trinajstić information content (AvgIpc) is 2.33. The molecule has 0 aromatic rings. The van der Waals surface area contributed by atoms with Gasteiger partial charge in [0.15, 0.2) is 11.6 Å². The average molecular weight is 232 g/mol. The number of carbonyl (C=O) groups excluding carboxylic acids is 2. The van der Waals surface area contributed by atoms with Crippen molar-refractivity contribution in [2.75, 3.05) is 0 Å². The van der Waals surface area contributed by atoms with Crippen LogP contribution in [0.2, 0.25) is 0 Å². The molecule has 0 aliphatic heterocycles. The van der Waals surface area contributed by atoms with Gasteiger partial charge in [0, 0.05) is 22.3 Å². The fourth-order valence-corrected chi connectivity index (χ4v) is 1.84. The Labute approximate surface area is 103 Å². The minimum atomic E-state index is -0.00708. The van der Waals surface area contributed by atoms with Gasteiger partial charge >= 0.3 is 0 Å². The predicted molar refractivity (Wildman–Crippen MR) is 69.8 cm³/mol. The first-order valence-electron chi connectivity index (χ1n) is 6.15. The first kappa shape index (κ1) is 13.6. The lowest BCUT2D eigenvalue weighted by molar-refractivity contribution is -0.116. The molecule has 1 aliphatic rings. The van der Waals surface area contributed by atoms with E-state index in [-0.39, 0.29) is 11.6 Å². The lowest BCUT2D eigenvalue weighted by atomic mass is 9.86. The van der Waals surface area contributed by atoms with E-state index in [4.69, 9.17) is 0 Å². The van der Waals surface area contributed by atoms with Crippen LogP contribution in [0.25, 0.3) is 0 Å². The van der Waals surface area contributed by atoms with Crippen molar-refractivity contribution >= 4 is 11.6 Å². The van der Waals surface area contributed by atoms with Gasteiger partial charge in [-0.15, -0.1) is 0 Å². The number of ketones is 2. The maximum absolute atomic E-state index is 12.0. The molecular weight excluding hydrogens is 212 g/mol. The van der Waals surface area contributed by atoms with Crippen LogP contribution in [0.4, 0.5) is 0 Å². The maximum atomic E-state index is 12.0. The summed E-state index contributed by atoms with van der Waals surface area (Å²) in [5.74, 6) is -0.00964. The SMILES string of the molecule is CCCC/C=C/C1=C(C)C(=O)C(C)=C(C)C1=O. The van der Waals surface area contributed by atoms with E-state index < -0.39 is 0 Å². The molecule has 0 N–H and O–H groups in total. The summed E-state index contributed by atoms with van der Waals surface area (Å²) in [5.41, 5.74) is 2.30. The molecule has 17 heavy (non-hydrogen) atoms. The quantitative estimate of drug-likeness (QED) is 0.549. The molecule has 0 aromatic heterocycles. The Bertz CT molecular complexity index is 434. The molecule has 0 aromatic carbocycles. The molecule has 0 bridgehead atoms. The number of allylic oxidation sites excluding steroid dienone is 6.